The first-order valence-electron chi connectivity index (χ1n) is 9.50. The third-order valence-corrected chi connectivity index (χ3v) is 5.24. The number of hydrogen-bond donors (Lipinski definition) is 2. The molecule has 6 nitrogen and oxygen atoms in total. The number of hydroxylamine groups is 1. The van der Waals surface area contributed by atoms with Crippen LogP contribution in [0.5, 0.6) is 0 Å². The second-order valence-corrected chi connectivity index (χ2v) is 7.27. The van der Waals surface area contributed by atoms with Gasteiger partial charge in [-0.2, -0.15) is 0 Å². The quantitative estimate of drug-likeness (QED) is 0.404. The van der Waals surface area contributed by atoms with Crippen molar-refractivity contribution < 1.29 is 14.4 Å². The summed E-state index contributed by atoms with van der Waals surface area (Å²) in [5.74, 6) is 1.01. The summed E-state index contributed by atoms with van der Waals surface area (Å²) < 4.78 is 5.35. The molecule has 6 heteroatoms. The summed E-state index contributed by atoms with van der Waals surface area (Å²) in [6, 6.07) is 14.6. The van der Waals surface area contributed by atoms with Gasteiger partial charge in [-0.1, -0.05) is 13.0 Å². The maximum Gasteiger partial charge on any atom is 0.253 e. The summed E-state index contributed by atoms with van der Waals surface area (Å²) in [6.45, 7) is 3.81. The van der Waals surface area contributed by atoms with E-state index in [0.717, 1.165) is 42.5 Å². The minimum absolute atomic E-state index is 0.0299. The van der Waals surface area contributed by atoms with E-state index in [-0.39, 0.29) is 5.91 Å². The van der Waals surface area contributed by atoms with Crippen LogP contribution < -0.4 is 5.48 Å². The van der Waals surface area contributed by atoms with E-state index in [4.69, 9.17) is 4.42 Å². The highest BCUT2D eigenvalue weighted by atomic mass is 16.5. The second-order valence-electron chi connectivity index (χ2n) is 7.27. The first-order valence-corrected chi connectivity index (χ1v) is 9.50. The number of nitrogens with one attached hydrogen (secondary N) is 1. The molecule has 0 bridgehead atoms. The lowest BCUT2D eigenvalue weighted by Crippen LogP contribution is -2.37. The summed E-state index contributed by atoms with van der Waals surface area (Å²) in [4.78, 5) is 19.2. The number of fused-ring (bicyclic) bond motifs is 1. The van der Waals surface area contributed by atoms with E-state index in [0.29, 0.717) is 23.0 Å². The van der Waals surface area contributed by atoms with Gasteiger partial charge in [0.15, 0.2) is 5.84 Å². The Morgan fingerprint density at radius 1 is 1.14 bits per heavy atom. The Hall–Kier alpha value is -3.12. The fourth-order valence-electron chi connectivity index (χ4n) is 3.50. The molecular formula is C22H23N3O3. The molecule has 1 aliphatic heterocycles. The number of carbonyl (C=O) groups is 1. The Bertz CT molecular complexity index is 1020. The molecule has 2 heterocycles. The van der Waals surface area contributed by atoms with E-state index >= 15 is 0 Å². The Morgan fingerprint density at radius 3 is 2.75 bits per heavy atom. The molecule has 0 atom stereocenters. The summed E-state index contributed by atoms with van der Waals surface area (Å²) in [7, 11) is 0. The number of likely N-dealkylation sites (tertiary alicyclic amines) is 1. The zero-order valence-corrected chi connectivity index (χ0v) is 15.8. The highest BCUT2D eigenvalue weighted by molar-refractivity contribution is 6.02. The number of furan rings is 1. The number of piperidine rings is 1. The van der Waals surface area contributed by atoms with Gasteiger partial charge < -0.3 is 9.32 Å². The first kappa shape index (κ1) is 18.3. The molecule has 3 aromatic rings. The van der Waals surface area contributed by atoms with Crippen LogP contribution in [0.4, 0.5) is 5.69 Å². The molecule has 4 rings (SSSR count). The van der Waals surface area contributed by atoms with E-state index in [1.165, 1.54) is 0 Å². The summed E-state index contributed by atoms with van der Waals surface area (Å²) in [5.41, 5.74) is 4.86. The van der Waals surface area contributed by atoms with Crippen LogP contribution in [0, 0.1) is 5.92 Å². The van der Waals surface area contributed by atoms with Crippen LogP contribution >= 0.6 is 0 Å². The van der Waals surface area contributed by atoms with Crippen molar-refractivity contribution >= 4 is 28.4 Å². The molecule has 1 aliphatic rings. The van der Waals surface area contributed by atoms with Gasteiger partial charge in [0, 0.05) is 29.6 Å². The van der Waals surface area contributed by atoms with Crippen molar-refractivity contribution in [3.8, 4) is 0 Å². The van der Waals surface area contributed by atoms with Crippen molar-refractivity contribution in [1.29, 1.82) is 0 Å². The van der Waals surface area contributed by atoms with Crippen LogP contribution in [-0.4, -0.2) is 34.9 Å². The molecular weight excluding hydrogens is 354 g/mol. The van der Waals surface area contributed by atoms with Crippen LogP contribution in [0.25, 0.3) is 11.0 Å². The Morgan fingerprint density at radius 2 is 1.96 bits per heavy atom. The van der Waals surface area contributed by atoms with E-state index in [9.17, 15) is 10.0 Å². The summed E-state index contributed by atoms with van der Waals surface area (Å²) in [6.07, 6.45) is 3.70. The zero-order chi connectivity index (χ0) is 19.5. The number of amidine groups is 1. The van der Waals surface area contributed by atoms with Crippen LogP contribution in [0.2, 0.25) is 0 Å². The molecule has 144 valence electrons. The predicted molar refractivity (Wildman–Crippen MR) is 108 cm³/mol. The molecule has 0 aliphatic carbocycles. The van der Waals surface area contributed by atoms with Gasteiger partial charge in [-0.15, -0.1) is 0 Å². The molecule has 1 fully saturated rings. The monoisotopic (exact) mass is 377 g/mol. The van der Waals surface area contributed by atoms with Gasteiger partial charge >= 0.3 is 0 Å². The van der Waals surface area contributed by atoms with Gasteiger partial charge in [-0.25, -0.2) is 4.99 Å². The molecule has 1 amide bonds. The number of hydrogen-bond acceptors (Lipinski definition) is 4. The maximum absolute atomic E-state index is 12.8. The number of carbonyl (C=O) groups excluding carboxylic acids is 1. The normalized spacial score (nSPS) is 15.8. The summed E-state index contributed by atoms with van der Waals surface area (Å²) >= 11 is 0. The van der Waals surface area contributed by atoms with E-state index < -0.39 is 0 Å². The van der Waals surface area contributed by atoms with Gasteiger partial charge in [-0.05, 0) is 61.2 Å². The second kappa shape index (κ2) is 7.86. The zero-order valence-electron chi connectivity index (χ0n) is 15.8. The highest BCUT2D eigenvalue weighted by Crippen LogP contribution is 2.22. The largest absolute Gasteiger partial charge is 0.464 e. The van der Waals surface area contributed by atoms with Crippen LogP contribution in [0.1, 0.15) is 35.7 Å². The van der Waals surface area contributed by atoms with E-state index in [2.05, 4.69) is 17.4 Å². The average molecular weight is 377 g/mol. The lowest BCUT2D eigenvalue weighted by molar-refractivity contribution is 0.0697. The Balaban J connectivity index is 1.59. The SMILES string of the molecule is CC1CCN(C(=O)c2cccc(N=C(NO)c3ccc4occc4c3)c2)CC1. The van der Waals surface area contributed by atoms with Crippen LogP contribution in [0.3, 0.4) is 0 Å². The number of aliphatic imine (C=N–C) groups is 1. The molecule has 0 unspecified atom stereocenters. The minimum Gasteiger partial charge on any atom is -0.464 e. The molecule has 2 N–H and O–H groups in total. The molecule has 0 radical (unpaired) electrons. The fraction of sp³-hybridized carbons (Fsp3) is 0.273. The van der Waals surface area contributed by atoms with E-state index in [1.54, 1.807) is 12.3 Å². The van der Waals surface area contributed by atoms with Crippen molar-refractivity contribution in [2.45, 2.75) is 19.8 Å². The van der Waals surface area contributed by atoms with Gasteiger partial charge in [0.05, 0.1) is 12.0 Å². The lowest BCUT2D eigenvalue weighted by Gasteiger charge is -2.30. The molecule has 1 saturated heterocycles. The number of nitrogens with zero attached hydrogens (tertiary/aromatic N) is 2. The predicted octanol–water partition coefficient (Wildman–Crippen LogP) is 4.36. The Labute approximate surface area is 163 Å². The fourth-order valence-corrected chi connectivity index (χ4v) is 3.50. The van der Waals surface area contributed by atoms with Crippen molar-refractivity contribution in [3.05, 3.63) is 65.9 Å². The average Bonchev–Trinajstić information content (AvgIpc) is 3.20. The van der Waals surface area contributed by atoms with E-state index in [1.807, 2.05) is 47.4 Å². The van der Waals surface area contributed by atoms with Crippen molar-refractivity contribution in [3.63, 3.8) is 0 Å². The van der Waals surface area contributed by atoms with Crippen molar-refractivity contribution in [2.24, 2.45) is 10.9 Å². The van der Waals surface area contributed by atoms with Gasteiger partial charge in [0.1, 0.15) is 5.58 Å². The molecule has 2 aromatic carbocycles. The molecule has 0 saturated carbocycles. The topological polar surface area (TPSA) is 78.1 Å². The highest BCUT2D eigenvalue weighted by Gasteiger charge is 2.21. The molecule has 1 aromatic heterocycles. The third-order valence-electron chi connectivity index (χ3n) is 5.24. The first-order chi connectivity index (χ1) is 13.6. The smallest absolute Gasteiger partial charge is 0.253 e. The third kappa shape index (κ3) is 3.77. The number of benzene rings is 2. The number of rotatable bonds is 3. The Kier molecular flexibility index (Phi) is 5.12. The van der Waals surface area contributed by atoms with Gasteiger partial charge in [-0.3, -0.25) is 15.5 Å². The van der Waals surface area contributed by atoms with Crippen LogP contribution in [-0.2, 0) is 0 Å². The molecule has 0 spiro atoms. The summed E-state index contributed by atoms with van der Waals surface area (Å²) in [5, 5.41) is 10.5. The maximum atomic E-state index is 12.8. The van der Waals surface area contributed by atoms with Gasteiger partial charge in [0.2, 0.25) is 0 Å². The molecule has 28 heavy (non-hydrogen) atoms. The minimum atomic E-state index is 0.0299. The standard InChI is InChI=1S/C22H23N3O3/c1-15-7-10-25(11-8-15)22(26)18-3-2-4-19(14-18)23-21(24-27)17-5-6-20-16(13-17)9-12-28-20/h2-6,9,12-15,27H,7-8,10-11H2,1H3,(H,23,24). The van der Waals surface area contributed by atoms with Crippen LogP contribution in [0.15, 0.2) is 64.2 Å². The van der Waals surface area contributed by atoms with Crippen molar-refractivity contribution in [2.75, 3.05) is 13.1 Å². The lowest BCUT2D eigenvalue weighted by atomic mass is 9.98. The van der Waals surface area contributed by atoms with Crippen molar-refractivity contribution in [1.82, 2.24) is 10.4 Å². The number of amides is 1. The van der Waals surface area contributed by atoms with Gasteiger partial charge in [0.25, 0.3) is 5.91 Å².